The van der Waals surface area contributed by atoms with Crippen LogP contribution in [0.25, 0.3) is 0 Å². The molecule has 0 aliphatic rings. The highest BCUT2D eigenvalue weighted by molar-refractivity contribution is 6.17. The number of halogens is 2. The number of unbranched alkanes of at least 4 members (excludes halogenated alkanes) is 1. The van der Waals surface area contributed by atoms with Crippen LogP contribution < -0.4 is 4.74 Å². The van der Waals surface area contributed by atoms with E-state index in [0.717, 1.165) is 12.8 Å². The molecule has 78 valence electrons. The summed E-state index contributed by atoms with van der Waals surface area (Å²) in [5.41, 5.74) is 0.711. The zero-order valence-corrected chi connectivity index (χ0v) is 8.98. The summed E-state index contributed by atoms with van der Waals surface area (Å²) in [5, 5.41) is 0. The molecule has 0 N–H and O–H groups in total. The molecule has 0 spiro atoms. The van der Waals surface area contributed by atoms with Gasteiger partial charge in [0.15, 0.2) is 11.6 Å². The molecule has 0 aliphatic heterocycles. The summed E-state index contributed by atoms with van der Waals surface area (Å²) < 4.78 is 18.6. The maximum Gasteiger partial charge on any atom is 0.165 e. The minimum Gasteiger partial charge on any atom is -0.490 e. The predicted molar refractivity (Wildman–Crippen MR) is 56.4 cm³/mol. The lowest BCUT2D eigenvalue weighted by Gasteiger charge is -2.09. The van der Waals surface area contributed by atoms with E-state index in [1.165, 1.54) is 6.07 Å². The molecule has 0 radical (unpaired) electrons. The van der Waals surface area contributed by atoms with Gasteiger partial charge in [-0.05, 0) is 12.5 Å². The lowest BCUT2D eigenvalue weighted by Crippen LogP contribution is -2.01. The Morgan fingerprint density at radius 3 is 2.86 bits per heavy atom. The van der Waals surface area contributed by atoms with E-state index < -0.39 is 0 Å². The molecule has 14 heavy (non-hydrogen) atoms. The van der Waals surface area contributed by atoms with Crippen LogP contribution in [-0.2, 0) is 5.88 Å². The second-order valence-electron chi connectivity index (χ2n) is 3.06. The Morgan fingerprint density at radius 2 is 2.21 bits per heavy atom. The minimum atomic E-state index is -0.334. The van der Waals surface area contributed by atoms with E-state index in [0.29, 0.717) is 17.9 Å². The Bertz CT molecular complexity index is 289. The van der Waals surface area contributed by atoms with Crippen LogP contribution in [0.15, 0.2) is 18.2 Å². The molecule has 1 aromatic rings. The van der Waals surface area contributed by atoms with Gasteiger partial charge in [0, 0.05) is 5.56 Å². The normalized spacial score (nSPS) is 10.2. The van der Waals surface area contributed by atoms with Crippen LogP contribution in [0.2, 0.25) is 0 Å². The SMILES string of the molecule is CCCCOc1c(F)cccc1CCl. The second-order valence-corrected chi connectivity index (χ2v) is 3.33. The quantitative estimate of drug-likeness (QED) is 0.538. The van der Waals surface area contributed by atoms with E-state index in [-0.39, 0.29) is 11.7 Å². The smallest absolute Gasteiger partial charge is 0.165 e. The summed E-state index contributed by atoms with van der Waals surface area (Å²) in [5.74, 6) is 0.245. The van der Waals surface area contributed by atoms with Crippen molar-refractivity contribution < 1.29 is 9.13 Å². The number of alkyl halides is 1. The third-order valence-electron chi connectivity index (χ3n) is 1.94. The summed E-state index contributed by atoms with van der Waals surface area (Å²) in [4.78, 5) is 0. The van der Waals surface area contributed by atoms with Gasteiger partial charge in [0.25, 0.3) is 0 Å². The first-order valence-electron chi connectivity index (χ1n) is 4.75. The molecule has 0 atom stereocenters. The molecule has 0 saturated heterocycles. The van der Waals surface area contributed by atoms with Crippen molar-refractivity contribution in [3.8, 4) is 5.75 Å². The molecular weight excluding hydrogens is 203 g/mol. The fourth-order valence-electron chi connectivity index (χ4n) is 1.14. The maximum absolute atomic E-state index is 13.3. The first-order chi connectivity index (χ1) is 6.79. The van der Waals surface area contributed by atoms with Gasteiger partial charge in [-0.25, -0.2) is 4.39 Å². The molecule has 0 fully saturated rings. The predicted octanol–water partition coefficient (Wildman–Crippen LogP) is 3.74. The van der Waals surface area contributed by atoms with E-state index in [1.807, 2.05) is 0 Å². The Kier molecular flexibility index (Phi) is 4.74. The van der Waals surface area contributed by atoms with Crippen molar-refractivity contribution in [1.82, 2.24) is 0 Å². The van der Waals surface area contributed by atoms with Crippen molar-refractivity contribution in [3.05, 3.63) is 29.6 Å². The Hall–Kier alpha value is -0.760. The molecule has 0 aromatic heterocycles. The third kappa shape index (κ3) is 2.88. The number of hydrogen-bond donors (Lipinski definition) is 0. The molecule has 0 unspecified atom stereocenters. The molecule has 0 bridgehead atoms. The van der Waals surface area contributed by atoms with Crippen molar-refractivity contribution >= 4 is 11.6 Å². The summed E-state index contributed by atoms with van der Waals surface area (Å²) in [6, 6.07) is 4.80. The van der Waals surface area contributed by atoms with Crippen LogP contribution in [0.4, 0.5) is 4.39 Å². The van der Waals surface area contributed by atoms with Crippen LogP contribution in [-0.4, -0.2) is 6.61 Å². The number of rotatable bonds is 5. The average molecular weight is 217 g/mol. The zero-order chi connectivity index (χ0) is 10.4. The van der Waals surface area contributed by atoms with E-state index >= 15 is 0 Å². The monoisotopic (exact) mass is 216 g/mol. The number of hydrogen-bond acceptors (Lipinski definition) is 1. The van der Waals surface area contributed by atoms with Crippen molar-refractivity contribution in [3.63, 3.8) is 0 Å². The van der Waals surface area contributed by atoms with Gasteiger partial charge in [-0.15, -0.1) is 11.6 Å². The van der Waals surface area contributed by atoms with E-state index in [1.54, 1.807) is 12.1 Å². The molecule has 3 heteroatoms. The Labute approximate surface area is 88.8 Å². The highest BCUT2D eigenvalue weighted by Gasteiger charge is 2.08. The molecule has 0 heterocycles. The van der Waals surface area contributed by atoms with Crippen LogP contribution in [0.1, 0.15) is 25.3 Å². The summed E-state index contributed by atoms with van der Waals surface area (Å²) >= 11 is 5.67. The molecule has 1 aromatic carbocycles. The highest BCUT2D eigenvalue weighted by atomic mass is 35.5. The minimum absolute atomic E-state index is 0.277. The number of ether oxygens (including phenoxy) is 1. The van der Waals surface area contributed by atoms with Crippen molar-refractivity contribution in [1.29, 1.82) is 0 Å². The molecule has 0 amide bonds. The van der Waals surface area contributed by atoms with Crippen LogP contribution in [0, 0.1) is 5.82 Å². The van der Waals surface area contributed by atoms with Crippen LogP contribution in [0.3, 0.4) is 0 Å². The third-order valence-corrected chi connectivity index (χ3v) is 2.22. The van der Waals surface area contributed by atoms with Gasteiger partial charge in [-0.2, -0.15) is 0 Å². The standard InChI is InChI=1S/C11H14ClFO/c1-2-3-7-14-11-9(8-12)5-4-6-10(11)13/h4-6H,2-3,7-8H2,1H3. The van der Waals surface area contributed by atoms with Crippen molar-refractivity contribution in [2.45, 2.75) is 25.6 Å². The molecule has 0 saturated carbocycles. The summed E-state index contributed by atoms with van der Waals surface area (Å²) in [6.45, 7) is 2.61. The fourth-order valence-corrected chi connectivity index (χ4v) is 1.35. The van der Waals surface area contributed by atoms with Gasteiger partial charge in [0.05, 0.1) is 12.5 Å². The van der Waals surface area contributed by atoms with Gasteiger partial charge in [0.2, 0.25) is 0 Å². The van der Waals surface area contributed by atoms with Gasteiger partial charge < -0.3 is 4.74 Å². The lowest BCUT2D eigenvalue weighted by molar-refractivity contribution is 0.292. The Morgan fingerprint density at radius 1 is 1.43 bits per heavy atom. The van der Waals surface area contributed by atoms with E-state index in [9.17, 15) is 4.39 Å². The first-order valence-corrected chi connectivity index (χ1v) is 5.29. The zero-order valence-electron chi connectivity index (χ0n) is 8.22. The van der Waals surface area contributed by atoms with Crippen molar-refractivity contribution in [2.24, 2.45) is 0 Å². The van der Waals surface area contributed by atoms with E-state index in [4.69, 9.17) is 16.3 Å². The molecule has 1 nitrogen and oxygen atoms in total. The van der Waals surface area contributed by atoms with E-state index in [2.05, 4.69) is 6.92 Å². The van der Waals surface area contributed by atoms with Gasteiger partial charge in [-0.1, -0.05) is 25.5 Å². The molecule has 0 aliphatic carbocycles. The van der Waals surface area contributed by atoms with Gasteiger partial charge >= 0.3 is 0 Å². The topological polar surface area (TPSA) is 9.23 Å². The fraction of sp³-hybridized carbons (Fsp3) is 0.455. The lowest BCUT2D eigenvalue weighted by atomic mass is 10.2. The van der Waals surface area contributed by atoms with Gasteiger partial charge in [0.1, 0.15) is 0 Å². The summed E-state index contributed by atoms with van der Waals surface area (Å²) in [7, 11) is 0. The van der Waals surface area contributed by atoms with Crippen LogP contribution in [0.5, 0.6) is 5.75 Å². The van der Waals surface area contributed by atoms with Crippen LogP contribution >= 0.6 is 11.6 Å². The average Bonchev–Trinajstić information content (AvgIpc) is 2.20. The molecular formula is C11H14ClFO. The number of para-hydroxylation sites is 1. The van der Waals surface area contributed by atoms with Crippen molar-refractivity contribution in [2.75, 3.05) is 6.61 Å². The second kappa shape index (κ2) is 5.86. The largest absolute Gasteiger partial charge is 0.490 e. The Balaban J connectivity index is 2.72. The van der Waals surface area contributed by atoms with Gasteiger partial charge in [-0.3, -0.25) is 0 Å². The molecule has 1 rings (SSSR count). The maximum atomic E-state index is 13.3. The first kappa shape index (κ1) is 11.3. The highest BCUT2D eigenvalue weighted by Crippen LogP contribution is 2.24. The summed E-state index contributed by atoms with van der Waals surface area (Å²) in [6.07, 6.45) is 1.96. The number of benzene rings is 1.